The van der Waals surface area contributed by atoms with Crippen molar-refractivity contribution in [1.82, 2.24) is 0 Å². The van der Waals surface area contributed by atoms with Gasteiger partial charge in [0.25, 0.3) is 11.8 Å². The van der Waals surface area contributed by atoms with Crippen LogP contribution in [0.1, 0.15) is 52.6 Å². The highest BCUT2D eigenvalue weighted by Crippen LogP contribution is 2.35. The van der Waals surface area contributed by atoms with Gasteiger partial charge in [-0.05, 0) is 60.7 Å². The van der Waals surface area contributed by atoms with Crippen LogP contribution in [-0.2, 0) is 0 Å². The molecule has 0 unspecified atom stereocenters. The van der Waals surface area contributed by atoms with E-state index in [1.165, 1.54) is 0 Å². The van der Waals surface area contributed by atoms with Gasteiger partial charge in [0.15, 0.2) is 11.6 Å². The maximum atomic E-state index is 13.6. The summed E-state index contributed by atoms with van der Waals surface area (Å²) >= 11 is 6.67. The van der Waals surface area contributed by atoms with Gasteiger partial charge in [-0.15, -0.1) is 0 Å². The molecule has 6 nitrogen and oxygen atoms in total. The molecule has 0 radical (unpaired) electrons. The normalized spacial score (nSPS) is 11.9. The summed E-state index contributed by atoms with van der Waals surface area (Å²) in [5.74, 6) is -1.63. The van der Waals surface area contributed by atoms with Crippen molar-refractivity contribution < 1.29 is 19.2 Å². The van der Waals surface area contributed by atoms with Gasteiger partial charge < -0.3 is 10.6 Å². The second-order valence-corrected chi connectivity index (χ2v) is 9.87. The van der Waals surface area contributed by atoms with Gasteiger partial charge in [-0.3, -0.25) is 19.2 Å². The highest BCUT2D eigenvalue weighted by Gasteiger charge is 2.34. The monoisotopic (exact) mass is 602 g/mol. The lowest BCUT2D eigenvalue weighted by atomic mass is 9.82. The molecule has 0 bridgehead atoms. The van der Waals surface area contributed by atoms with Gasteiger partial charge in [-0.2, -0.15) is 0 Å². The summed E-state index contributed by atoms with van der Waals surface area (Å²) in [4.78, 5) is 52.7. The van der Waals surface area contributed by atoms with Crippen LogP contribution in [0.5, 0.6) is 0 Å². The van der Waals surface area contributed by atoms with Crippen molar-refractivity contribution in [2.75, 3.05) is 10.6 Å². The zero-order valence-electron chi connectivity index (χ0n) is 18.5. The summed E-state index contributed by atoms with van der Waals surface area (Å²) in [6.07, 6.45) is 0. The number of hydrogen-bond donors (Lipinski definition) is 2. The SMILES string of the molecule is O=C(Nc1cccc2c1C(=O)c1cccc(NC(=O)c3ccc(Br)cc3)c1C2=O)c1ccc(Br)cc1. The molecule has 36 heavy (non-hydrogen) atoms. The lowest BCUT2D eigenvalue weighted by Gasteiger charge is -2.22. The minimum Gasteiger partial charge on any atom is -0.321 e. The van der Waals surface area contributed by atoms with Crippen LogP contribution in [0.25, 0.3) is 0 Å². The fraction of sp³-hybridized carbons (Fsp3) is 0. The molecule has 0 saturated carbocycles. The quantitative estimate of drug-likeness (QED) is 0.245. The summed E-state index contributed by atoms with van der Waals surface area (Å²) in [7, 11) is 0. The highest BCUT2D eigenvalue weighted by molar-refractivity contribution is 9.10. The number of benzene rings is 4. The van der Waals surface area contributed by atoms with Crippen molar-refractivity contribution in [3.8, 4) is 0 Å². The van der Waals surface area contributed by atoms with E-state index >= 15 is 0 Å². The van der Waals surface area contributed by atoms with Crippen LogP contribution in [0.3, 0.4) is 0 Å². The van der Waals surface area contributed by atoms with Gasteiger partial charge in [-0.1, -0.05) is 56.1 Å². The van der Waals surface area contributed by atoms with E-state index in [-0.39, 0.29) is 33.6 Å². The molecule has 0 aliphatic heterocycles. The molecule has 2 amide bonds. The Balaban J connectivity index is 1.49. The van der Waals surface area contributed by atoms with Gasteiger partial charge in [-0.25, -0.2) is 0 Å². The number of halogens is 2. The van der Waals surface area contributed by atoms with E-state index in [4.69, 9.17) is 0 Å². The maximum absolute atomic E-state index is 13.6. The zero-order chi connectivity index (χ0) is 25.4. The molecule has 1 aliphatic rings. The van der Waals surface area contributed by atoms with Gasteiger partial charge in [0.2, 0.25) is 0 Å². The average molecular weight is 604 g/mol. The van der Waals surface area contributed by atoms with Gasteiger partial charge in [0, 0.05) is 31.2 Å². The third kappa shape index (κ3) is 4.41. The Morgan fingerprint density at radius 3 is 1.25 bits per heavy atom. The summed E-state index contributed by atoms with van der Waals surface area (Å²) in [5, 5.41) is 5.52. The van der Waals surface area contributed by atoms with Crippen LogP contribution in [0.15, 0.2) is 93.9 Å². The third-order valence-electron chi connectivity index (χ3n) is 5.78. The van der Waals surface area contributed by atoms with Crippen molar-refractivity contribution >= 4 is 66.6 Å². The van der Waals surface area contributed by atoms with Crippen LogP contribution in [0, 0.1) is 0 Å². The van der Waals surface area contributed by atoms with Crippen molar-refractivity contribution in [2.45, 2.75) is 0 Å². The molecule has 0 aromatic heterocycles. The molecule has 4 aromatic carbocycles. The number of carbonyl (C=O) groups is 4. The first-order valence-electron chi connectivity index (χ1n) is 10.8. The van der Waals surface area contributed by atoms with E-state index in [1.54, 1.807) is 84.9 Å². The molecular formula is C28H16Br2N2O4. The molecule has 0 fully saturated rings. The predicted molar refractivity (Wildman–Crippen MR) is 144 cm³/mol. The fourth-order valence-corrected chi connectivity index (χ4v) is 4.57. The lowest BCUT2D eigenvalue weighted by molar-refractivity contribution is 0.0977. The van der Waals surface area contributed by atoms with E-state index in [2.05, 4.69) is 42.5 Å². The first-order chi connectivity index (χ1) is 17.3. The smallest absolute Gasteiger partial charge is 0.255 e. The molecule has 176 valence electrons. The molecule has 8 heteroatoms. The Morgan fingerprint density at radius 2 is 0.889 bits per heavy atom. The van der Waals surface area contributed by atoms with Crippen molar-refractivity contribution in [1.29, 1.82) is 0 Å². The van der Waals surface area contributed by atoms with Gasteiger partial charge in [0.1, 0.15) is 0 Å². The average Bonchev–Trinajstić information content (AvgIpc) is 2.88. The molecule has 2 N–H and O–H groups in total. The zero-order valence-corrected chi connectivity index (χ0v) is 21.6. The number of ketones is 2. The topological polar surface area (TPSA) is 92.3 Å². The number of rotatable bonds is 4. The minimum absolute atomic E-state index is 0.122. The number of hydrogen-bond acceptors (Lipinski definition) is 4. The lowest BCUT2D eigenvalue weighted by Crippen LogP contribution is -2.26. The van der Waals surface area contributed by atoms with E-state index in [9.17, 15) is 19.2 Å². The van der Waals surface area contributed by atoms with E-state index in [0.717, 1.165) is 8.95 Å². The van der Waals surface area contributed by atoms with Crippen LogP contribution in [0.2, 0.25) is 0 Å². The Labute approximate surface area is 223 Å². The van der Waals surface area contributed by atoms with E-state index < -0.39 is 23.4 Å². The van der Waals surface area contributed by atoms with E-state index in [1.807, 2.05) is 0 Å². The van der Waals surface area contributed by atoms with E-state index in [0.29, 0.717) is 11.1 Å². The second-order valence-electron chi connectivity index (χ2n) is 8.04. The van der Waals surface area contributed by atoms with Crippen LogP contribution in [-0.4, -0.2) is 23.4 Å². The van der Waals surface area contributed by atoms with Gasteiger partial charge in [0.05, 0.1) is 22.5 Å². The van der Waals surface area contributed by atoms with Crippen molar-refractivity contribution in [3.05, 3.63) is 127 Å². The standard InChI is InChI=1S/C28H16Br2N2O4/c29-17-11-7-15(8-12-17)27(35)31-21-5-1-3-19-23(21)26(34)20-4-2-6-22(24(20)25(19)33)32-28(36)16-9-13-18(30)14-10-16/h1-14H,(H,31,35)(H,32,36). The summed E-state index contributed by atoms with van der Waals surface area (Å²) < 4.78 is 1.66. The Hall–Kier alpha value is -3.88. The molecular weight excluding hydrogens is 588 g/mol. The minimum atomic E-state index is -0.411. The molecule has 4 aromatic rings. The first kappa shape index (κ1) is 23.8. The third-order valence-corrected chi connectivity index (χ3v) is 6.84. The molecule has 0 saturated heterocycles. The molecule has 1 aliphatic carbocycles. The van der Waals surface area contributed by atoms with Crippen LogP contribution in [0.4, 0.5) is 11.4 Å². The van der Waals surface area contributed by atoms with Crippen LogP contribution >= 0.6 is 31.9 Å². The maximum Gasteiger partial charge on any atom is 0.255 e. The largest absolute Gasteiger partial charge is 0.321 e. The van der Waals surface area contributed by atoms with Crippen LogP contribution < -0.4 is 10.6 Å². The van der Waals surface area contributed by atoms with Crippen molar-refractivity contribution in [2.24, 2.45) is 0 Å². The summed E-state index contributed by atoms with van der Waals surface area (Å²) in [5.41, 5.74) is 1.86. The summed E-state index contributed by atoms with van der Waals surface area (Å²) in [6, 6.07) is 23.0. The Bertz CT molecular complexity index is 1440. The van der Waals surface area contributed by atoms with Gasteiger partial charge >= 0.3 is 0 Å². The second kappa shape index (κ2) is 9.64. The van der Waals surface area contributed by atoms with Crippen molar-refractivity contribution in [3.63, 3.8) is 0 Å². The molecule has 0 spiro atoms. The fourth-order valence-electron chi connectivity index (χ4n) is 4.04. The predicted octanol–water partition coefficient (Wildman–Crippen LogP) is 6.49. The Morgan fingerprint density at radius 1 is 0.528 bits per heavy atom. The summed E-state index contributed by atoms with van der Waals surface area (Å²) in [6.45, 7) is 0. The number of amides is 2. The Kier molecular flexibility index (Phi) is 6.38. The number of fused-ring (bicyclic) bond motifs is 2. The number of nitrogens with one attached hydrogen (secondary N) is 2. The molecule has 0 heterocycles. The number of carbonyl (C=O) groups excluding carboxylic acids is 4. The first-order valence-corrected chi connectivity index (χ1v) is 12.4. The molecule has 5 rings (SSSR count). The number of anilines is 2. The highest BCUT2D eigenvalue weighted by atomic mass is 79.9. The molecule has 0 atom stereocenters.